The number of carboxylic acid groups (broad SMARTS) is 1. The Bertz CT molecular complexity index is 341. The van der Waals surface area contributed by atoms with E-state index < -0.39 is 22.8 Å². The van der Waals surface area contributed by atoms with Crippen molar-refractivity contribution in [1.82, 2.24) is 5.32 Å². The van der Waals surface area contributed by atoms with Crippen LogP contribution in [0.3, 0.4) is 0 Å². The Morgan fingerprint density at radius 1 is 1.26 bits per heavy atom. The van der Waals surface area contributed by atoms with Gasteiger partial charge in [-0.25, -0.2) is 4.79 Å². The summed E-state index contributed by atoms with van der Waals surface area (Å²) in [6.45, 7) is 5.71. The fourth-order valence-electron chi connectivity index (χ4n) is 2.69. The molecule has 5 nitrogen and oxygen atoms in total. The average molecular weight is 270 g/mol. The van der Waals surface area contributed by atoms with Crippen molar-refractivity contribution >= 4 is 11.9 Å². The highest BCUT2D eigenvalue weighted by Crippen LogP contribution is 2.36. The largest absolute Gasteiger partial charge is 0.480 e. The smallest absolute Gasteiger partial charge is 0.326 e. The van der Waals surface area contributed by atoms with E-state index in [0.717, 1.165) is 32.1 Å². The topological polar surface area (TPSA) is 92.4 Å². The summed E-state index contributed by atoms with van der Waals surface area (Å²) in [5.74, 6) is -1.19. The number of carbonyl (C=O) groups is 2. The van der Waals surface area contributed by atoms with Crippen molar-refractivity contribution in [3.63, 3.8) is 0 Å². The second-order valence-corrected chi connectivity index (χ2v) is 6.66. The standard InChI is InChI=1S/C14H26N2O3/c1-13(2,3)10(11(17)18)16-12(19)14(9-15)7-5-4-6-8-14/h10H,4-9,15H2,1-3H3,(H,16,19)(H,17,18). The molecule has 0 aliphatic heterocycles. The number of carbonyl (C=O) groups excluding carboxylic acids is 1. The summed E-state index contributed by atoms with van der Waals surface area (Å²) < 4.78 is 0. The van der Waals surface area contributed by atoms with Crippen LogP contribution in [0, 0.1) is 10.8 Å². The first-order valence-corrected chi connectivity index (χ1v) is 6.97. The monoisotopic (exact) mass is 270 g/mol. The minimum absolute atomic E-state index is 0.197. The van der Waals surface area contributed by atoms with E-state index in [0.29, 0.717) is 0 Å². The van der Waals surface area contributed by atoms with E-state index in [2.05, 4.69) is 5.32 Å². The number of rotatable bonds is 4. The zero-order valence-corrected chi connectivity index (χ0v) is 12.2. The van der Waals surface area contributed by atoms with Gasteiger partial charge in [0.25, 0.3) is 0 Å². The van der Waals surface area contributed by atoms with Crippen LogP contribution in [0.15, 0.2) is 0 Å². The van der Waals surface area contributed by atoms with E-state index in [1.807, 2.05) is 20.8 Å². The number of nitrogens with two attached hydrogens (primary N) is 1. The molecule has 1 saturated carbocycles. The molecule has 0 aromatic heterocycles. The second kappa shape index (κ2) is 5.90. The van der Waals surface area contributed by atoms with Crippen LogP contribution in [0.4, 0.5) is 0 Å². The van der Waals surface area contributed by atoms with E-state index >= 15 is 0 Å². The van der Waals surface area contributed by atoms with Crippen molar-refractivity contribution in [1.29, 1.82) is 0 Å². The second-order valence-electron chi connectivity index (χ2n) is 6.66. The molecule has 110 valence electrons. The minimum Gasteiger partial charge on any atom is -0.480 e. The molecule has 1 unspecified atom stereocenters. The highest BCUT2D eigenvalue weighted by molar-refractivity contribution is 5.88. The molecule has 19 heavy (non-hydrogen) atoms. The van der Waals surface area contributed by atoms with Crippen LogP contribution in [0.25, 0.3) is 0 Å². The van der Waals surface area contributed by atoms with Gasteiger partial charge in [-0.1, -0.05) is 40.0 Å². The zero-order chi connectivity index (χ0) is 14.7. The van der Waals surface area contributed by atoms with Gasteiger partial charge in [0.2, 0.25) is 5.91 Å². The first-order chi connectivity index (χ1) is 8.73. The van der Waals surface area contributed by atoms with Crippen LogP contribution < -0.4 is 11.1 Å². The summed E-state index contributed by atoms with van der Waals surface area (Å²) >= 11 is 0. The van der Waals surface area contributed by atoms with Gasteiger partial charge in [0.15, 0.2) is 0 Å². The van der Waals surface area contributed by atoms with Gasteiger partial charge in [-0.2, -0.15) is 0 Å². The lowest BCUT2D eigenvalue weighted by Gasteiger charge is -2.37. The van der Waals surface area contributed by atoms with E-state index in [1.54, 1.807) is 0 Å². The molecule has 1 aliphatic rings. The summed E-state index contributed by atoms with van der Waals surface area (Å²) in [7, 11) is 0. The van der Waals surface area contributed by atoms with Crippen molar-refractivity contribution in [3.8, 4) is 0 Å². The molecule has 4 N–H and O–H groups in total. The van der Waals surface area contributed by atoms with Crippen molar-refractivity contribution in [3.05, 3.63) is 0 Å². The van der Waals surface area contributed by atoms with Crippen molar-refractivity contribution in [2.75, 3.05) is 6.54 Å². The van der Waals surface area contributed by atoms with Crippen LogP contribution in [-0.2, 0) is 9.59 Å². The number of amides is 1. The predicted molar refractivity (Wildman–Crippen MR) is 73.6 cm³/mol. The van der Waals surface area contributed by atoms with Crippen LogP contribution in [0.5, 0.6) is 0 Å². The summed E-state index contributed by atoms with van der Waals surface area (Å²) in [5.41, 5.74) is 4.70. The highest BCUT2D eigenvalue weighted by Gasteiger charge is 2.42. The maximum Gasteiger partial charge on any atom is 0.326 e. The third kappa shape index (κ3) is 3.69. The fourth-order valence-corrected chi connectivity index (χ4v) is 2.69. The normalized spacial score (nSPS) is 20.6. The molecule has 0 aromatic rings. The average Bonchev–Trinajstić information content (AvgIpc) is 2.34. The van der Waals surface area contributed by atoms with E-state index in [9.17, 15) is 14.7 Å². The molecule has 0 heterocycles. The number of aliphatic carboxylic acids is 1. The molecule has 1 fully saturated rings. The van der Waals surface area contributed by atoms with Crippen molar-refractivity contribution < 1.29 is 14.7 Å². The van der Waals surface area contributed by atoms with Gasteiger partial charge in [-0.05, 0) is 18.3 Å². The molecular formula is C14H26N2O3. The predicted octanol–water partition coefficient (Wildman–Crippen LogP) is 1.51. The van der Waals surface area contributed by atoms with E-state index in [1.165, 1.54) is 0 Å². The van der Waals surface area contributed by atoms with Crippen LogP contribution in [0.1, 0.15) is 52.9 Å². The first-order valence-electron chi connectivity index (χ1n) is 6.97. The summed E-state index contributed by atoms with van der Waals surface area (Å²) in [6, 6.07) is -0.884. The SMILES string of the molecule is CC(C)(C)C(NC(=O)C1(CN)CCCCC1)C(=O)O. The maximum atomic E-state index is 12.5. The third-order valence-electron chi connectivity index (χ3n) is 4.07. The Kier molecular flexibility index (Phi) is 4.96. The van der Waals surface area contributed by atoms with Gasteiger partial charge in [0, 0.05) is 6.54 Å². The summed E-state index contributed by atoms with van der Waals surface area (Å²) in [6.07, 6.45) is 4.60. The lowest BCUT2D eigenvalue weighted by molar-refractivity contribution is -0.147. The summed E-state index contributed by atoms with van der Waals surface area (Å²) in [4.78, 5) is 23.8. The van der Waals surface area contributed by atoms with Crippen molar-refractivity contribution in [2.45, 2.75) is 58.9 Å². The molecular weight excluding hydrogens is 244 g/mol. The van der Waals surface area contributed by atoms with Gasteiger partial charge < -0.3 is 16.2 Å². The Hall–Kier alpha value is -1.10. The Balaban J connectivity index is 2.83. The minimum atomic E-state index is -0.996. The molecule has 1 atom stereocenters. The van der Waals surface area contributed by atoms with E-state index in [-0.39, 0.29) is 12.5 Å². The number of carboxylic acids is 1. The molecule has 1 aliphatic carbocycles. The quantitative estimate of drug-likeness (QED) is 0.722. The third-order valence-corrected chi connectivity index (χ3v) is 4.07. The summed E-state index contributed by atoms with van der Waals surface area (Å²) in [5, 5.41) is 12.0. The zero-order valence-electron chi connectivity index (χ0n) is 12.2. The first kappa shape index (κ1) is 16.0. The lowest BCUT2D eigenvalue weighted by atomic mass is 9.73. The molecule has 5 heteroatoms. The van der Waals surface area contributed by atoms with Crippen molar-refractivity contribution in [2.24, 2.45) is 16.6 Å². The van der Waals surface area contributed by atoms with Gasteiger partial charge in [0.1, 0.15) is 6.04 Å². The lowest BCUT2D eigenvalue weighted by Crippen LogP contribution is -2.56. The number of hydrogen-bond donors (Lipinski definition) is 3. The fraction of sp³-hybridized carbons (Fsp3) is 0.857. The van der Waals surface area contributed by atoms with Gasteiger partial charge in [-0.15, -0.1) is 0 Å². The highest BCUT2D eigenvalue weighted by atomic mass is 16.4. The Labute approximate surface area is 114 Å². The van der Waals surface area contributed by atoms with Gasteiger partial charge in [-0.3, -0.25) is 4.79 Å². The molecule has 1 amide bonds. The molecule has 0 bridgehead atoms. The van der Waals surface area contributed by atoms with Crippen LogP contribution in [0.2, 0.25) is 0 Å². The molecule has 0 saturated heterocycles. The van der Waals surface area contributed by atoms with Crippen LogP contribution in [-0.4, -0.2) is 29.6 Å². The molecule has 1 rings (SSSR count). The van der Waals surface area contributed by atoms with E-state index in [4.69, 9.17) is 5.73 Å². The molecule has 0 spiro atoms. The molecule has 0 radical (unpaired) electrons. The maximum absolute atomic E-state index is 12.5. The number of hydrogen-bond acceptors (Lipinski definition) is 3. The Morgan fingerprint density at radius 2 is 1.79 bits per heavy atom. The van der Waals surface area contributed by atoms with Gasteiger partial charge >= 0.3 is 5.97 Å². The number of nitrogens with one attached hydrogen (secondary N) is 1. The van der Waals surface area contributed by atoms with Gasteiger partial charge in [0.05, 0.1) is 5.41 Å². The Morgan fingerprint density at radius 3 is 2.16 bits per heavy atom. The molecule has 0 aromatic carbocycles. The van der Waals surface area contributed by atoms with Crippen LogP contribution >= 0.6 is 0 Å².